The Kier molecular flexibility index (Phi) is 39.4. The molecule has 2 radical (unpaired) electrons. The second-order valence-electron chi connectivity index (χ2n) is 3.23. The Bertz CT molecular complexity index is 287. The molecule has 15 nitrogen and oxygen atoms in total. The first-order valence-electron chi connectivity index (χ1n) is 5.32. The molecule has 17 heteroatoms. The fourth-order valence-corrected chi connectivity index (χ4v) is 0.671. The van der Waals surface area contributed by atoms with Gasteiger partial charge < -0.3 is 75.7 Å². The van der Waals surface area contributed by atoms with Gasteiger partial charge in [0.25, 0.3) is 0 Å². The average Bonchev–Trinajstić information content (AvgIpc) is 2.42. The van der Waals surface area contributed by atoms with Crippen LogP contribution in [0.25, 0.3) is 0 Å². The smallest absolute Gasteiger partial charge is 0.652 e. The van der Waals surface area contributed by atoms with Crippen LogP contribution in [0.5, 0.6) is 0 Å². The standard InChI is InChI=1S/C6H14O6.3CH2O3.2Fe/c7-1-3(9)5(11)6(12)4(10)2-8;3*2-1(3)4;;/h3-12H,1-2H2;3*(H2,2,3,4);;/q;;;;2*+3/p-6/t3-,4+,5-,6-;;;;;/m1...../s1. The van der Waals surface area contributed by atoms with Gasteiger partial charge in [0.05, 0.1) is 13.2 Å². The SMILES string of the molecule is O=C([O-])[O-].O=C([O-])[O-].O=C([O-])[O-].OC[C@@H](O)[C@@H](O)[C@H](O)[C@@H](O)CO.[Fe+3].[Fe+3]. The van der Waals surface area contributed by atoms with E-state index in [1.807, 2.05) is 0 Å². The molecule has 0 unspecified atom stereocenters. The molecule has 0 saturated carbocycles. The molecule has 4 atom stereocenters. The number of aliphatic hydroxyl groups is 6. The summed E-state index contributed by atoms with van der Waals surface area (Å²) in [6.07, 6.45) is -13.4. The normalized spacial score (nSPS) is 12.7. The molecule has 0 aliphatic carbocycles. The molecule has 6 N–H and O–H groups in total. The predicted molar refractivity (Wildman–Crippen MR) is 54.4 cm³/mol. The molecule has 0 aliphatic heterocycles. The van der Waals surface area contributed by atoms with Gasteiger partial charge in [-0.1, -0.05) is 0 Å². The van der Waals surface area contributed by atoms with E-state index in [-0.39, 0.29) is 34.1 Å². The van der Waals surface area contributed by atoms with Crippen LogP contribution < -0.4 is 30.6 Å². The number of carbonyl (C=O) groups is 3. The topological polar surface area (TPSA) is 311 Å². The Morgan fingerprint density at radius 3 is 0.769 bits per heavy atom. The molecule has 0 aliphatic rings. The molecule has 0 spiro atoms. The van der Waals surface area contributed by atoms with Crippen LogP contribution in [0.4, 0.5) is 14.4 Å². The zero-order valence-corrected chi connectivity index (χ0v) is 14.5. The van der Waals surface area contributed by atoms with Gasteiger partial charge in [-0.3, -0.25) is 0 Å². The summed E-state index contributed by atoms with van der Waals surface area (Å²) in [5, 5.41) is 102. The van der Waals surface area contributed by atoms with Crippen LogP contribution in [-0.4, -0.2) is 86.7 Å². The Morgan fingerprint density at radius 2 is 0.692 bits per heavy atom. The van der Waals surface area contributed by atoms with Gasteiger partial charge in [-0.05, 0) is 18.5 Å². The fourth-order valence-electron chi connectivity index (χ4n) is 0.671. The fraction of sp³-hybridized carbons (Fsp3) is 0.667. The third-order valence-corrected chi connectivity index (χ3v) is 1.51. The summed E-state index contributed by atoms with van der Waals surface area (Å²) in [4.78, 5) is 25.0. The Labute approximate surface area is 166 Å². The zero-order chi connectivity index (χ0) is 20.5. The van der Waals surface area contributed by atoms with Crippen LogP contribution >= 0.6 is 0 Å². The molecular weight excluding hydrogens is 460 g/mol. The summed E-state index contributed by atoms with van der Waals surface area (Å²) in [6, 6.07) is 0. The monoisotopic (exact) mass is 474 g/mol. The maximum atomic E-state index is 8.96. The third kappa shape index (κ3) is 49.5. The van der Waals surface area contributed by atoms with Crippen molar-refractivity contribution in [2.24, 2.45) is 0 Å². The number of carboxylic acid groups (broad SMARTS) is 6. The van der Waals surface area contributed by atoms with E-state index in [0.717, 1.165) is 0 Å². The summed E-state index contributed by atoms with van der Waals surface area (Å²) < 4.78 is 0. The molecule has 0 saturated heterocycles. The second kappa shape index (κ2) is 25.8. The quantitative estimate of drug-likeness (QED) is 0.202. The Hall–Kier alpha value is -1.39. The van der Waals surface area contributed by atoms with Crippen molar-refractivity contribution in [1.82, 2.24) is 0 Å². The summed E-state index contributed by atoms with van der Waals surface area (Å²) in [5.74, 6) is 0. The van der Waals surface area contributed by atoms with E-state index in [1.54, 1.807) is 0 Å². The van der Waals surface area contributed by atoms with Crippen LogP contribution in [0, 0.1) is 0 Å². The summed E-state index contributed by atoms with van der Waals surface area (Å²) in [5.41, 5.74) is 0. The predicted octanol–water partition coefficient (Wildman–Crippen LogP) is -10.9. The van der Waals surface area contributed by atoms with Crippen molar-refractivity contribution in [2.45, 2.75) is 24.4 Å². The second-order valence-corrected chi connectivity index (χ2v) is 3.23. The minimum absolute atomic E-state index is 0. The van der Waals surface area contributed by atoms with Gasteiger partial charge >= 0.3 is 34.1 Å². The molecule has 0 rings (SSSR count). The van der Waals surface area contributed by atoms with Crippen molar-refractivity contribution in [2.75, 3.05) is 13.2 Å². The minimum atomic E-state index is -2.33. The molecule has 0 fully saturated rings. The van der Waals surface area contributed by atoms with E-state index in [9.17, 15) is 0 Å². The number of hydrogen-bond donors (Lipinski definition) is 6. The molecule has 0 aromatic carbocycles. The summed E-state index contributed by atoms with van der Waals surface area (Å²) >= 11 is 0. The van der Waals surface area contributed by atoms with Crippen molar-refractivity contribution in [3.63, 3.8) is 0 Å². The van der Waals surface area contributed by atoms with Gasteiger partial charge in [0, 0.05) is 0 Å². The minimum Gasteiger partial charge on any atom is -0.652 e. The van der Waals surface area contributed by atoms with Crippen LogP contribution in [0.1, 0.15) is 0 Å². The molecule has 0 heterocycles. The van der Waals surface area contributed by atoms with Crippen molar-refractivity contribution in [1.29, 1.82) is 0 Å². The molecule has 156 valence electrons. The van der Waals surface area contributed by atoms with Crippen LogP contribution in [0.2, 0.25) is 0 Å². The van der Waals surface area contributed by atoms with Gasteiger partial charge in [0.2, 0.25) is 0 Å². The van der Waals surface area contributed by atoms with E-state index in [2.05, 4.69) is 0 Å². The van der Waals surface area contributed by atoms with Gasteiger partial charge in [0.1, 0.15) is 24.4 Å². The molecular formula is C9H14Fe2O15. The van der Waals surface area contributed by atoms with E-state index in [4.69, 9.17) is 75.7 Å². The number of carbonyl (C=O) groups excluding carboxylic acids is 3. The number of rotatable bonds is 5. The first-order valence-corrected chi connectivity index (χ1v) is 5.32. The van der Waals surface area contributed by atoms with Crippen molar-refractivity contribution < 1.29 is 110 Å². The van der Waals surface area contributed by atoms with Crippen molar-refractivity contribution in [3.8, 4) is 0 Å². The van der Waals surface area contributed by atoms with E-state index in [0.29, 0.717) is 0 Å². The number of aliphatic hydroxyl groups excluding tert-OH is 6. The molecule has 0 bridgehead atoms. The van der Waals surface area contributed by atoms with Crippen LogP contribution in [-0.2, 0) is 34.1 Å². The molecule has 0 amide bonds. The summed E-state index contributed by atoms with van der Waals surface area (Å²) in [6.45, 7) is -1.45. The first kappa shape index (κ1) is 39.6. The van der Waals surface area contributed by atoms with Gasteiger partial charge in [-0.2, -0.15) is 0 Å². The van der Waals surface area contributed by atoms with Crippen LogP contribution in [0.15, 0.2) is 0 Å². The van der Waals surface area contributed by atoms with Gasteiger partial charge in [0.15, 0.2) is 0 Å². The zero-order valence-electron chi connectivity index (χ0n) is 12.3. The van der Waals surface area contributed by atoms with E-state index in [1.165, 1.54) is 0 Å². The van der Waals surface area contributed by atoms with Crippen molar-refractivity contribution in [3.05, 3.63) is 0 Å². The number of hydrogen-bond acceptors (Lipinski definition) is 15. The van der Waals surface area contributed by atoms with Gasteiger partial charge in [-0.15, -0.1) is 0 Å². The maximum Gasteiger partial charge on any atom is 3.00 e. The van der Waals surface area contributed by atoms with Crippen LogP contribution in [0.3, 0.4) is 0 Å². The largest absolute Gasteiger partial charge is 3.00 e. The first-order chi connectivity index (χ1) is 10.7. The third-order valence-electron chi connectivity index (χ3n) is 1.51. The maximum absolute atomic E-state index is 8.96. The Balaban J connectivity index is -0.0000000597. The average molecular weight is 474 g/mol. The molecule has 0 aromatic rings. The molecule has 26 heavy (non-hydrogen) atoms. The molecule has 0 aromatic heterocycles. The Morgan fingerprint density at radius 1 is 0.577 bits per heavy atom. The van der Waals surface area contributed by atoms with E-state index < -0.39 is 56.1 Å². The summed E-state index contributed by atoms with van der Waals surface area (Å²) in [7, 11) is 0. The van der Waals surface area contributed by atoms with Crippen molar-refractivity contribution >= 4 is 18.5 Å². The van der Waals surface area contributed by atoms with Gasteiger partial charge in [-0.25, -0.2) is 0 Å². The van der Waals surface area contributed by atoms with E-state index >= 15 is 0 Å².